The van der Waals surface area contributed by atoms with Gasteiger partial charge < -0.3 is 14.4 Å². The molecule has 4 rings (SSSR count). The Morgan fingerprint density at radius 3 is 2.44 bits per heavy atom. The van der Waals surface area contributed by atoms with Gasteiger partial charge in [0, 0.05) is 36.5 Å². The highest BCUT2D eigenvalue weighted by Gasteiger charge is 2.35. The summed E-state index contributed by atoms with van der Waals surface area (Å²) in [5.74, 6) is -1.19. The summed E-state index contributed by atoms with van der Waals surface area (Å²) in [5, 5.41) is 9.83. The van der Waals surface area contributed by atoms with Crippen LogP contribution in [-0.4, -0.2) is 46.8 Å². The Hall–Kier alpha value is -3.43. The monoisotopic (exact) mass is 552 g/mol. The van der Waals surface area contributed by atoms with E-state index in [-0.39, 0.29) is 36.3 Å². The molecule has 0 aliphatic carbocycles. The van der Waals surface area contributed by atoms with Gasteiger partial charge in [0.1, 0.15) is 16.7 Å². The molecule has 1 aliphatic rings. The largest absolute Gasteiger partial charge is 0.488 e. The van der Waals surface area contributed by atoms with E-state index in [1.807, 2.05) is 57.5 Å². The van der Waals surface area contributed by atoms with Crippen LogP contribution in [0.25, 0.3) is 0 Å². The van der Waals surface area contributed by atoms with E-state index in [4.69, 9.17) is 4.74 Å². The predicted octanol–water partition coefficient (Wildman–Crippen LogP) is 5.12. The fraction of sp³-hybridized carbons (Fsp3) is 0.400. The number of hydrogen-bond donors (Lipinski definition) is 1. The van der Waals surface area contributed by atoms with E-state index in [9.17, 15) is 23.1 Å². The SMILES string of the molecule is CC[C@@H]1CN(Cc2cc(C(CC(=O)O)c3c(C)c(C(C)=O)c(C)n3C)ccc2C)S(=O)(=O)c2ccccc2O1. The minimum absolute atomic E-state index is 0.0649. The van der Waals surface area contributed by atoms with Crippen molar-refractivity contribution in [2.45, 2.75) is 70.9 Å². The van der Waals surface area contributed by atoms with Gasteiger partial charge in [-0.15, -0.1) is 0 Å². The first-order valence-electron chi connectivity index (χ1n) is 13.1. The molecule has 0 amide bonds. The smallest absolute Gasteiger partial charge is 0.304 e. The minimum atomic E-state index is -3.83. The Kier molecular flexibility index (Phi) is 8.04. The van der Waals surface area contributed by atoms with E-state index in [1.54, 1.807) is 24.3 Å². The standard InChI is InChI=1S/C30H36N2O6S/c1-7-24-17-32(39(36,37)27-11-9-8-10-26(27)38-24)16-23-14-22(13-12-18(23)2)25(15-28(34)35)30-19(3)29(21(5)33)20(4)31(30)6/h8-14,24-25H,7,15-17H2,1-6H3,(H,34,35)/t24-,25?/m1/s1. The van der Waals surface area contributed by atoms with Crippen LogP contribution in [0.15, 0.2) is 47.4 Å². The molecule has 2 heterocycles. The van der Waals surface area contributed by atoms with E-state index in [2.05, 4.69) is 0 Å². The van der Waals surface area contributed by atoms with Crippen molar-refractivity contribution in [3.05, 3.63) is 81.7 Å². The molecule has 9 heteroatoms. The average Bonchev–Trinajstić information content (AvgIpc) is 3.03. The molecule has 1 aliphatic heterocycles. The predicted molar refractivity (Wildman–Crippen MR) is 149 cm³/mol. The Balaban J connectivity index is 1.80. The third-order valence-corrected chi connectivity index (χ3v) is 9.64. The van der Waals surface area contributed by atoms with Crippen LogP contribution in [-0.2, 0) is 28.4 Å². The number of aryl methyl sites for hydroxylation is 1. The highest BCUT2D eigenvalue weighted by atomic mass is 32.2. The third kappa shape index (κ3) is 5.38. The van der Waals surface area contributed by atoms with Crippen molar-refractivity contribution >= 4 is 21.8 Å². The Bertz CT molecular complexity index is 1540. The van der Waals surface area contributed by atoms with Gasteiger partial charge in [0.15, 0.2) is 5.78 Å². The molecule has 8 nitrogen and oxygen atoms in total. The maximum Gasteiger partial charge on any atom is 0.304 e. The quantitative estimate of drug-likeness (QED) is 0.389. The van der Waals surface area contributed by atoms with Gasteiger partial charge in [0.05, 0.1) is 13.0 Å². The Labute approximate surface area is 230 Å². The van der Waals surface area contributed by atoms with Crippen LogP contribution >= 0.6 is 0 Å². The summed E-state index contributed by atoms with van der Waals surface area (Å²) in [5.41, 5.74) is 5.38. The van der Waals surface area contributed by atoms with E-state index < -0.39 is 21.9 Å². The van der Waals surface area contributed by atoms with Crippen molar-refractivity contribution in [1.29, 1.82) is 0 Å². The molecule has 1 unspecified atom stereocenters. The summed E-state index contributed by atoms with van der Waals surface area (Å²) in [6, 6.07) is 12.4. The second kappa shape index (κ2) is 11.0. The molecule has 1 N–H and O–H groups in total. The summed E-state index contributed by atoms with van der Waals surface area (Å²) >= 11 is 0. The number of hydrogen-bond acceptors (Lipinski definition) is 5. The molecule has 39 heavy (non-hydrogen) atoms. The summed E-state index contributed by atoms with van der Waals surface area (Å²) in [4.78, 5) is 24.5. The van der Waals surface area contributed by atoms with Crippen LogP contribution in [0.1, 0.15) is 76.6 Å². The van der Waals surface area contributed by atoms with Crippen molar-refractivity contribution in [3.63, 3.8) is 0 Å². The van der Waals surface area contributed by atoms with Crippen LogP contribution in [0.5, 0.6) is 5.75 Å². The number of carbonyl (C=O) groups is 2. The van der Waals surface area contributed by atoms with Gasteiger partial charge in [-0.3, -0.25) is 9.59 Å². The van der Waals surface area contributed by atoms with Gasteiger partial charge in [0.25, 0.3) is 0 Å². The van der Waals surface area contributed by atoms with E-state index in [1.165, 1.54) is 11.2 Å². The van der Waals surface area contributed by atoms with Gasteiger partial charge in [0.2, 0.25) is 10.0 Å². The highest BCUT2D eigenvalue weighted by Crippen LogP contribution is 2.37. The zero-order valence-electron chi connectivity index (χ0n) is 23.3. The van der Waals surface area contributed by atoms with Crippen LogP contribution in [0.4, 0.5) is 0 Å². The van der Waals surface area contributed by atoms with Gasteiger partial charge >= 0.3 is 5.97 Å². The van der Waals surface area contributed by atoms with Gasteiger partial charge in [-0.1, -0.05) is 37.3 Å². The molecule has 2 atom stereocenters. The molecule has 208 valence electrons. The number of sulfonamides is 1. The van der Waals surface area contributed by atoms with Crippen LogP contribution in [0.2, 0.25) is 0 Å². The van der Waals surface area contributed by atoms with Crippen molar-refractivity contribution in [1.82, 2.24) is 8.87 Å². The number of benzene rings is 2. The van der Waals surface area contributed by atoms with E-state index >= 15 is 0 Å². The highest BCUT2D eigenvalue weighted by molar-refractivity contribution is 7.89. The number of rotatable bonds is 8. The summed E-state index contributed by atoms with van der Waals surface area (Å²) in [6.45, 7) is 9.44. The number of ether oxygens (including phenoxy) is 1. The lowest BCUT2D eigenvalue weighted by molar-refractivity contribution is -0.137. The zero-order valence-corrected chi connectivity index (χ0v) is 24.1. The maximum atomic E-state index is 13.7. The Morgan fingerprint density at radius 2 is 1.82 bits per heavy atom. The van der Waals surface area contributed by atoms with E-state index in [0.717, 1.165) is 33.6 Å². The Morgan fingerprint density at radius 1 is 1.13 bits per heavy atom. The van der Waals surface area contributed by atoms with Crippen molar-refractivity contribution in [2.24, 2.45) is 7.05 Å². The van der Waals surface area contributed by atoms with Gasteiger partial charge in [-0.2, -0.15) is 4.31 Å². The number of fused-ring (bicyclic) bond motifs is 1. The number of Topliss-reactive ketones (excluding diaryl/α,β-unsaturated/α-hetero) is 1. The molecular formula is C30H36N2O6S. The van der Waals surface area contributed by atoms with Crippen LogP contribution in [0.3, 0.4) is 0 Å². The first-order valence-corrected chi connectivity index (χ1v) is 14.5. The number of aliphatic carboxylic acids is 1. The lowest BCUT2D eigenvalue weighted by atomic mass is 9.87. The number of para-hydroxylation sites is 1. The molecule has 0 bridgehead atoms. The molecule has 2 aromatic carbocycles. The van der Waals surface area contributed by atoms with Crippen LogP contribution < -0.4 is 4.74 Å². The second-order valence-corrected chi connectivity index (χ2v) is 12.2. The minimum Gasteiger partial charge on any atom is -0.488 e. The third-order valence-electron chi connectivity index (χ3n) is 7.79. The molecule has 1 aromatic heterocycles. The summed E-state index contributed by atoms with van der Waals surface area (Å²) in [6.07, 6.45) is 0.176. The van der Waals surface area contributed by atoms with Crippen LogP contribution in [0, 0.1) is 20.8 Å². The van der Waals surface area contributed by atoms with Gasteiger partial charge in [-0.05, 0) is 68.5 Å². The average molecular weight is 553 g/mol. The normalized spacial score (nSPS) is 17.6. The van der Waals surface area contributed by atoms with Crippen molar-refractivity contribution in [2.75, 3.05) is 6.54 Å². The lowest BCUT2D eigenvalue weighted by Crippen LogP contribution is -2.36. The second-order valence-electron chi connectivity index (χ2n) is 10.3. The first-order chi connectivity index (χ1) is 18.4. The summed E-state index contributed by atoms with van der Waals surface area (Å²) in [7, 11) is -1.99. The van der Waals surface area contributed by atoms with Gasteiger partial charge in [-0.25, -0.2) is 8.42 Å². The molecule has 0 fully saturated rings. The number of aromatic nitrogens is 1. The molecule has 0 saturated heterocycles. The zero-order chi connectivity index (χ0) is 28.6. The summed E-state index contributed by atoms with van der Waals surface area (Å²) < 4.78 is 36.8. The van der Waals surface area contributed by atoms with Crippen molar-refractivity contribution < 1.29 is 27.9 Å². The topological polar surface area (TPSA) is 106 Å². The number of carboxylic acids is 1. The number of carbonyl (C=O) groups excluding carboxylic acids is 1. The molecule has 0 radical (unpaired) electrons. The fourth-order valence-corrected chi connectivity index (χ4v) is 7.20. The number of carboxylic acid groups (broad SMARTS) is 1. The molecule has 0 spiro atoms. The fourth-order valence-electron chi connectivity index (χ4n) is 5.63. The number of nitrogens with zero attached hydrogens (tertiary/aromatic N) is 2. The number of ketones is 1. The molecular weight excluding hydrogens is 516 g/mol. The lowest BCUT2D eigenvalue weighted by Gasteiger charge is -2.25. The maximum absolute atomic E-state index is 13.7. The van der Waals surface area contributed by atoms with E-state index in [0.29, 0.717) is 17.7 Å². The molecule has 3 aromatic rings. The first kappa shape index (κ1) is 28.6. The van der Waals surface area contributed by atoms with Crippen molar-refractivity contribution in [3.8, 4) is 5.75 Å². The molecule has 0 saturated carbocycles.